The number of aryl methyl sites for hydroxylation is 1. The fraction of sp³-hybridized carbons (Fsp3) is 0.286. The van der Waals surface area contributed by atoms with Crippen molar-refractivity contribution in [2.24, 2.45) is 7.05 Å². The van der Waals surface area contributed by atoms with E-state index in [0.29, 0.717) is 29.5 Å². The molecule has 1 aromatic carbocycles. The van der Waals surface area contributed by atoms with Crippen LogP contribution in [-0.2, 0) is 11.8 Å². The van der Waals surface area contributed by atoms with Crippen molar-refractivity contribution < 1.29 is 9.53 Å². The third-order valence-corrected chi connectivity index (χ3v) is 5.36. The van der Waals surface area contributed by atoms with Crippen molar-refractivity contribution in [3.63, 3.8) is 0 Å². The molecule has 29 heavy (non-hydrogen) atoms. The van der Waals surface area contributed by atoms with Crippen LogP contribution in [0, 0.1) is 6.92 Å². The van der Waals surface area contributed by atoms with Gasteiger partial charge in [-0.1, -0.05) is 11.6 Å². The van der Waals surface area contributed by atoms with E-state index < -0.39 is 0 Å². The monoisotopic (exact) mass is 411 g/mol. The third kappa shape index (κ3) is 4.11. The van der Waals surface area contributed by atoms with E-state index in [1.54, 1.807) is 30.6 Å². The minimum absolute atomic E-state index is 0.227. The van der Waals surface area contributed by atoms with Gasteiger partial charge in [0.1, 0.15) is 11.6 Å². The molecule has 1 saturated heterocycles. The summed E-state index contributed by atoms with van der Waals surface area (Å²) in [6.45, 7) is 4.97. The summed E-state index contributed by atoms with van der Waals surface area (Å²) in [5.74, 6) is 1.37. The van der Waals surface area contributed by atoms with Crippen molar-refractivity contribution in [1.29, 1.82) is 0 Å². The lowest BCUT2D eigenvalue weighted by Crippen LogP contribution is -2.36. The van der Waals surface area contributed by atoms with Gasteiger partial charge in [-0.25, -0.2) is 9.97 Å². The lowest BCUT2D eigenvalue weighted by molar-refractivity contribution is 0.102. The Bertz CT molecular complexity index is 1030. The molecule has 0 aliphatic carbocycles. The summed E-state index contributed by atoms with van der Waals surface area (Å²) in [6, 6.07) is 9.01. The Labute approximate surface area is 174 Å². The van der Waals surface area contributed by atoms with E-state index in [1.165, 1.54) is 0 Å². The maximum Gasteiger partial charge on any atom is 0.257 e. The number of hydrogen-bond donors (Lipinski definition) is 1. The zero-order chi connectivity index (χ0) is 20.4. The average Bonchev–Trinajstić information content (AvgIpc) is 3.08. The van der Waals surface area contributed by atoms with E-state index in [0.717, 1.165) is 36.0 Å². The second-order valence-corrected chi connectivity index (χ2v) is 7.34. The predicted octanol–water partition coefficient (Wildman–Crippen LogP) is 3.53. The van der Waals surface area contributed by atoms with Crippen molar-refractivity contribution in [3.8, 4) is 11.4 Å². The summed E-state index contributed by atoms with van der Waals surface area (Å²) in [7, 11) is 1.93. The van der Waals surface area contributed by atoms with Crippen LogP contribution >= 0.6 is 11.6 Å². The smallest absolute Gasteiger partial charge is 0.257 e. The van der Waals surface area contributed by atoms with E-state index in [9.17, 15) is 4.79 Å². The highest BCUT2D eigenvalue weighted by atomic mass is 35.5. The molecule has 0 atom stereocenters. The molecular formula is C21H22ClN5O2. The Morgan fingerprint density at radius 3 is 2.59 bits per heavy atom. The number of carbonyl (C=O) groups is 1. The summed E-state index contributed by atoms with van der Waals surface area (Å²) >= 11 is 6.37. The van der Waals surface area contributed by atoms with E-state index in [4.69, 9.17) is 16.3 Å². The molecule has 8 heteroatoms. The number of rotatable bonds is 4. The van der Waals surface area contributed by atoms with E-state index in [1.807, 2.05) is 30.7 Å². The van der Waals surface area contributed by atoms with E-state index in [-0.39, 0.29) is 5.91 Å². The lowest BCUT2D eigenvalue weighted by atomic mass is 10.1. The molecule has 3 heterocycles. The van der Waals surface area contributed by atoms with Crippen LogP contribution in [0.15, 0.2) is 42.7 Å². The van der Waals surface area contributed by atoms with Crippen molar-refractivity contribution in [1.82, 2.24) is 14.5 Å². The molecule has 3 aromatic rings. The van der Waals surface area contributed by atoms with Gasteiger partial charge in [0.2, 0.25) is 0 Å². The van der Waals surface area contributed by atoms with Gasteiger partial charge in [0.25, 0.3) is 5.91 Å². The Balaban J connectivity index is 1.51. The summed E-state index contributed by atoms with van der Waals surface area (Å²) in [5, 5.41) is 3.49. The van der Waals surface area contributed by atoms with Crippen LogP contribution in [0.1, 0.15) is 16.1 Å². The molecule has 0 saturated carbocycles. The number of amides is 1. The van der Waals surface area contributed by atoms with E-state index >= 15 is 0 Å². The van der Waals surface area contributed by atoms with Gasteiger partial charge in [0, 0.05) is 49.5 Å². The molecule has 150 valence electrons. The summed E-state index contributed by atoms with van der Waals surface area (Å²) in [4.78, 5) is 23.7. The molecule has 1 aliphatic rings. The molecule has 1 aliphatic heterocycles. The Morgan fingerprint density at radius 2 is 1.93 bits per heavy atom. The maximum atomic E-state index is 12.7. The van der Waals surface area contributed by atoms with Gasteiger partial charge in [-0.3, -0.25) is 4.79 Å². The van der Waals surface area contributed by atoms with Crippen molar-refractivity contribution >= 4 is 29.0 Å². The Morgan fingerprint density at radius 1 is 1.14 bits per heavy atom. The fourth-order valence-corrected chi connectivity index (χ4v) is 3.42. The largest absolute Gasteiger partial charge is 0.378 e. The van der Waals surface area contributed by atoms with Gasteiger partial charge in [0.05, 0.1) is 23.8 Å². The predicted molar refractivity (Wildman–Crippen MR) is 114 cm³/mol. The number of benzene rings is 1. The number of nitrogens with one attached hydrogen (secondary N) is 1. The number of ether oxygens (including phenoxy) is 1. The third-order valence-electron chi connectivity index (χ3n) is 5.03. The van der Waals surface area contributed by atoms with Crippen LogP contribution in [0.25, 0.3) is 11.4 Å². The first-order valence-corrected chi connectivity index (χ1v) is 9.79. The number of aromatic nitrogens is 3. The SMILES string of the molecule is Cc1cnc(-c2cc(NC(=O)c3ccc(N4CCOCC4)nc3)ccc2Cl)n1C. The maximum absolute atomic E-state index is 12.7. The quantitative estimate of drug-likeness (QED) is 0.711. The number of carbonyl (C=O) groups excluding carboxylic acids is 1. The molecule has 1 fully saturated rings. The summed E-state index contributed by atoms with van der Waals surface area (Å²) < 4.78 is 7.32. The topological polar surface area (TPSA) is 72.3 Å². The van der Waals surface area contributed by atoms with Gasteiger partial charge in [-0.2, -0.15) is 0 Å². The summed E-state index contributed by atoms with van der Waals surface area (Å²) in [6.07, 6.45) is 3.39. The van der Waals surface area contributed by atoms with Crippen molar-refractivity contribution in [2.45, 2.75) is 6.92 Å². The molecule has 1 N–H and O–H groups in total. The molecule has 2 aromatic heterocycles. The van der Waals surface area contributed by atoms with Crippen molar-refractivity contribution in [3.05, 3.63) is 59.0 Å². The molecule has 0 spiro atoms. The molecule has 0 unspecified atom stereocenters. The van der Waals surface area contributed by atoms with Crippen LogP contribution in [0.4, 0.5) is 11.5 Å². The Kier molecular flexibility index (Phi) is 5.51. The number of hydrogen-bond acceptors (Lipinski definition) is 5. The number of halogens is 1. The normalized spacial score (nSPS) is 14.1. The van der Waals surface area contributed by atoms with Gasteiger partial charge >= 0.3 is 0 Å². The fourth-order valence-electron chi connectivity index (χ4n) is 3.22. The number of pyridine rings is 1. The zero-order valence-corrected chi connectivity index (χ0v) is 17.1. The Hall–Kier alpha value is -2.90. The van der Waals surface area contributed by atoms with Gasteiger partial charge in [-0.15, -0.1) is 0 Å². The van der Waals surface area contributed by atoms with Gasteiger partial charge in [0.15, 0.2) is 0 Å². The average molecular weight is 412 g/mol. The second-order valence-electron chi connectivity index (χ2n) is 6.94. The van der Waals surface area contributed by atoms with Crippen LogP contribution in [0.2, 0.25) is 5.02 Å². The van der Waals surface area contributed by atoms with Crippen molar-refractivity contribution in [2.75, 3.05) is 36.5 Å². The summed E-state index contributed by atoms with van der Waals surface area (Å²) in [5.41, 5.74) is 2.93. The first kappa shape index (κ1) is 19.4. The number of morpholine rings is 1. The van der Waals surface area contributed by atoms with Gasteiger partial charge < -0.3 is 19.5 Å². The molecular weight excluding hydrogens is 390 g/mol. The number of anilines is 2. The number of imidazole rings is 1. The van der Waals surface area contributed by atoms with Crippen LogP contribution in [0.3, 0.4) is 0 Å². The van der Waals surface area contributed by atoms with Crippen LogP contribution in [-0.4, -0.2) is 46.7 Å². The molecule has 0 radical (unpaired) electrons. The molecule has 0 bridgehead atoms. The lowest BCUT2D eigenvalue weighted by Gasteiger charge is -2.27. The standard InChI is InChI=1S/C21H22ClN5O2/c1-14-12-24-20(26(14)2)17-11-16(4-5-18(17)22)25-21(28)15-3-6-19(23-13-15)27-7-9-29-10-8-27/h3-6,11-13H,7-10H2,1-2H3,(H,25,28). The molecule has 4 rings (SSSR count). The van der Waals surface area contributed by atoms with Gasteiger partial charge in [-0.05, 0) is 37.3 Å². The van der Waals surface area contributed by atoms with Crippen LogP contribution < -0.4 is 10.2 Å². The first-order chi connectivity index (χ1) is 14.0. The molecule has 7 nitrogen and oxygen atoms in total. The van der Waals surface area contributed by atoms with E-state index in [2.05, 4.69) is 20.2 Å². The highest BCUT2D eigenvalue weighted by Crippen LogP contribution is 2.30. The highest BCUT2D eigenvalue weighted by molar-refractivity contribution is 6.33. The second kappa shape index (κ2) is 8.23. The van der Waals surface area contributed by atoms with Crippen LogP contribution in [0.5, 0.6) is 0 Å². The minimum atomic E-state index is -0.227. The highest BCUT2D eigenvalue weighted by Gasteiger charge is 2.15. The first-order valence-electron chi connectivity index (χ1n) is 9.41. The number of nitrogens with zero attached hydrogens (tertiary/aromatic N) is 4. The minimum Gasteiger partial charge on any atom is -0.378 e. The molecule has 1 amide bonds. The zero-order valence-electron chi connectivity index (χ0n) is 16.4.